The first-order valence-corrected chi connectivity index (χ1v) is 10.1. The van der Waals surface area contributed by atoms with Gasteiger partial charge < -0.3 is 19.1 Å². The Morgan fingerprint density at radius 2 is 1.93 bits per heavy atom. The molecule has 0 N–H and O–H groups in total. The molecule has 1 aliphatic rings. The fourth-order valence-electron chi connectivity index (χ4n) is 3.06. The number of benzene rings is 2. The minimum absolute atomic E-state index is 0.0424. The van der Waals surface area contributed by atoms with Gasteiger partial charge in [-0.15, -0.1) is 0 Å². The molecule has 8 heteroatoms. The summed E-state index contributed by atoms with van der Waals surface area (Å²) >= 11 is 1.19. The molecule has 0 bridgehead atoms. The van der Waals surface area contributed by atoms with Crippen LogP contribution in [0.5, 0.6) is 16.7 Å². The van der Waals surface area contributed by atoms with Gasteiger partial charge in [0.2, 0.25) is 0 Å². The minimum Gasteiger partial charge on any atom is -0.493 e. The van der Waals surface area contributed by atoms with Gasteiger partial charge in [-0.3, -0.25) is 4.79 Å². The van der Waals surface area contributed by atoms with Crippen molar-refractivity contribution in [2.24, 2.45) is 0 Å². The van der Waals surface area contributed by atoms with Gasteiger partial charge >= 0.3 is 0 Å². The van der Waals surface area contributed by atoms with Crippen LogP contribution in [0, 0.1) is 0 Å². The summed E-state index contributed by atoms with van der Waals surface area (Å²) in [7, 11) is 1.55. The Hall–Kier alpha value is -2.97. The second kappa shape index (κ2) is 9.02. The first-order chi connectivity index (χ1) is 14.2. The molecular formula is C21H21N3O4S. The predicted octanol–water partition coefficient (Wildman–Crippen LogP) is 3.40. The average Bonchev–Trinajstić information content (AvgIpc) is 3.21. The van der Waals surface area contributed by atoms with Crippen molar-refractivity contribution in [3.05, 3.63) is 65.5 Å². The second-order valence-corrected chi connectivity index (χ2v) is 7.23. The number of methoxy groups -OCH3 is 1. The summed E-state index contributed by atoms with van der Waals surface area (Å²) < 4.78 is 21.0. The molecule has 1 saturated heterocycles. The van der Waals surface area contributed by atoms with Gasteiger partial charge in [0.1, 0.15) is 0 Å². The van der Waals surface area contributed by atoms with E-state index in [2.05, 4.69) is 9.36 Å². The van der Waals surface area contributed by atoms with E-state index in [0.717, 1.165) is 5.56 Å². The molecule has 7 nitrogen and oxygen atoms in total. The lowest BCUT2D eigenvalue weighted by Gasteiger charge is -2.27. The van der Waals surface area contributed by atoms with Crippen LogP contribution in [0.4, 0.5) is 0 Å². The van der Waals surface area contributed by atoms with Gasteiger partial charge in [0.05, 0.1) is 20.3 Å². The number of carbonyl (C=O) groups excluding carboxylic acids is 1. The molecule has 1 aromatic heterocycles. The third-order valence-electron chi connectivity index (χ3n) is 4.56. The van der Waals surface area contributed by atoms with Crippen LogP contribution in [0.25, 0.3) is 0 Å². The Morgan fingerprint density at radius 1 is 1.14 bits per heavy atom. The second-order valence-electron chi connectivity index (χ2n) is 6.51. The van der Waals surface area contributed by atoms with E-state index in [1.54, 1.807) is 30.2 Å². The lowest BCUT2D eigenvalue weighted by Crippen LogP contribution is -2.40. The van der Waals surface area contributed by atoms with E-state index in [1.807, 2.05) is 30.3 Å². The molecular weight excluding hydrogens is 390 g/mol. The lowest BCUT2D eigenvalue weighted by molar-refractivity contribution is 0.0302. The molecule has 1 amide bonds. The fourth-order valence-corrected chi connectivity index (χ4v) is 3.62. The van der Waals surface area contributed by atoms with Crippen LogP contribution >= 0.6 is 11.5 Å². The Kier molecular flexibility index (Phi) is 6.02. The molecule has 4 rings (SSSR count). The first-order valence-electron chi connectivity index (χ1n) is 9.32. The van der Waals surface area contributed by atoms with Crippen molar-refractivity contribution in [2.75, 3.05) is 33.4 Å². The van der Waals surface area contributed by atoms with Crippen LogP contribution in [-0.2, 0) is 11.2 Å². The maximum Gasteiger partial charge on any atom is 0.298 e. The summed E-state index contributed by atoms with van der Waals surface area (Å²) in [5.74, 6) is 1.63. The van der Waals surface area contributed by atoms with Crippen LogP contribution < -0.4 is 9.47 Å². The molecule has 2 aromatic carbocycles. The van der Waals surface area contributed by atoms with Gasteiger partial charge in [0, 0.05) is 36.6 Å². The number of amides is 1. The van der Waals surface area contributed by atoms with E-state index >= 15 is 0 Å². The predicted molar refractivity (Wildman–Crippen MR) is 109 cm³/mol. The van der Waals surface area contributed by atoms with Crippen LogP contribution in [0.1, 0.15) is 21.7 Å². The highest BCUT2D eigenvalue weighted by molar-refractivity contribution is 7.07. The van der Waals surface area contributed by atoms with Crippen molar-refractivity contribution in [3.8, 4) is 16.7 Å². The molecule has 1 fully saturated rings. The standard InChI is InChI=1S/C21H21N3O4S/c1-26-18-14-16(20(25)24-9-11-27-12-10-24)7-8-17(18)28-21-22-19(23-29-21)13-15-5-3-2-4-6-15/h2-8,14H,9-13H2,1H3. The highest BCUT2D eigenvalue weighted by Gasteiger charge is 2.20. The molecule has 0 saturated carbocycles. The molecule has 0 radical (unpaired) electrons. The van der Waals surface area contributed by atoms with Gasteiger partial charge in [-0.1, -0.05) is 30.3 Å². The summed E-state index contributed by atoms with van der Waals surface area (Å²) in [6, 6.07) is 15.2. The number of carbonyl (C=O) groups is 1. The SMILES string of the molecule is COc1cc(C(=O)N2CCOCC2)ccc1Oc1nc(Cc2ccccc2)ns1. The van der Waals surface area contributed by atoms with Gasteiger partial charge in [-0.05, 0) is 23.8 Å². The van der Waals surface area contributed by atoms with Gasteiger partial charge in [0.25, 0.3) is 11.1 Å². The maximum atomic E-state index is 12.7. The van der Waals surface area contributed by atoms with E-state index in [1.165, 1.54) is 11.5 Å². The monoisotopic (exact) mass is 411 g/mol. The molecule has 150 valence electrons. The topological polar surface area (TPSA) is 73.8 Å². The molecule has 0 aliphatic carbocycles. The van der Waals surface area contributed by atoms with Gasteiger partial charge in [-0.25, -0.2) is 0 Å². The number of aromatic nitrogens is 2. The molecule has 0 spiro atoms. The third kappa shape index (κ3) is 4.72. The molecule has 0 unspecified atom stereocenters. The molecule has 29 heavy (non-hydrogen) atoms. The number of hydrogen-bond acceptors (Lipinski definition) is 7. The van der Waals surface area contributed by atoms with Crippen molar-refractivity contribution in [1.82, 2.24) is 14.3 Å². The van der Waals surface area contributed by atoms with E-state index < -0.39 is 0 Å². The van der Waals surface area contributed by atoms with E-state index in [4.69, 9.17) is 14.2 Å². The fraction of sp³-hybridized carbons (Fsp3) is 0.286. The summed E-state index contributed by atoms with van der Waals surface area (Å²) in [4.78, 5) is 18.9. The highest BCUT2D eigenvalue weighted by Crippen LogP contribution is 2.33. The third-order valence-corrected chi connectivity index (χ3v) is 5.19. The van der Waals surface area contributed by atoms with Crippen molar-refractivity contribution < 1.29 is 19.0 Å². The van der Waals surface area contributed by atoms with E-state index in [9.17, 15) is 4.79 Å². The van der Waals surface area contributed by atoms with Crippen molar-refractivity contribution in [2.45, 2.75) is 6.42 Å². The smallest absolute Gasteiger partial charge is 0.298 e. The number of nitrogens with zero attached hydrogens (tertiary/aromatic N) is 3. The average molecular weight is 411 g/mol. The van der Waals surface area contributed by atoms with Crippen molar-refractivity contribution in [1.29, 1.82) is 0 Å². The number of morpholine rings is 1. The normalized spacial score (nSPS) is 13.9. The van der Waals surface area contributed by atoms with Crippen LogP contribution in [0.2, 0.25) is 0 Å². The number of hydrogen-bond donors (Lipinski definition) is 0. The zero-order valence-corrected chi connectivity index (χ0v) is 16.9. The maximum absolute atomic E-state index is 12.7. The largest absolute Gasteiger partial charge is 0.493 e. The van der Waals surface area contributed by atoms with Gasteiger partial charge in [0.15, 0.2) is 17.3 Å². The zero-order chi connectivity index (χ0) is 20.1. The summed E-state index contributed by atoms with van der Waals surface area (Å²) in [5.41, 5.74) is 1.69. The zero-order valence-electron chi connectivity index (χ0n) is 16.0. The lowest BCUT2D eigenvalue weighted by atomic mass is 10.1. The number of rotatable bonds is 6. The van der Waals surface area contributed by atoms with Crippen LogP contribution in [-0.4, -0.2) is 53.6 Å². The Balaban J connectivity index is 1.46. The minimum atomic E-state index is -0.0424. The van der Waals surface area contributed by atoms with Crippen molar-refractivity contribution in [3.63, 3.8) is 0 Å². The Bertz CT molecular complexity index is 971. The molecule has 0 atom stereocenters. The number of ether oxygens (including phenoxy) is 3. The molecule has 2 heterocycles. The van der Waals surface area contributed by atoms with Crippen molar-refractivity contribution >= 4 is 17.4 Å². The van der Waals surface area contributed by atoms with Crippen LogP contribution in [0.15, 0.2) is 48.5 Å². The van der Waals surface area contributed by atoms with E-state index in [-0.39, 0.29) is 5.91 Å². The molecule has 1 aliphatic heterocycles. The Labute approximate surface area is 173 Å². The highest BCUT2D eigenvalue weighted by atomic mass is 32.1. The van der Waals surface area contributed by atoms with Crippen LogP contribution in [0.3, 0.4) is 0 Å². The quantitative estimate of drug-likeness (QED) is 0.619. The van der Waals surface area contributed by atoms with E-state index in [0.29, 0.717) is 60.8 Å². The summed E-state index contributed by atoms with van der Waals surface area (Å²) in [6.07, 6.45) is 0.644. The molecule has 3 aromatic rings. The first kappa shape index (κ1) is 19.4. The summed E-state index contributed by atoms with van der Waals surface area (Å²) in [6.45, 7) is 2.31. The summed E-state index contributed by atoms with van der Waals surface area (Å²) in [5, 5.41) is 0.432. The van der Waals surface area contributed by atoms with Gasteiger partial charge in [-0.2, -0.15) is 9.36 Å². The Morgan fingerprint density at radius 3 is 2.69 bits per heavy atom.